The van der Waals surface area contributed by atoms with Gasteiger partial charge >= 0.3 is 0 Å². The lowest BCUT2D eigenvalue weighted by Crippen LogP contribution is -2.37. The predicted molar refractivity (Wildman–Crippen MR) is 153 cm³/mol. The fraction of sp³-hybridized carbons (Fsp3) is 0.367. The number of carbonyl (C=O) groups excluding carboxylic acids is 1. The zero-order valence-corrected chi connectivity index (χ0v) is 23.6. The van der Waals surface area contributed by atoms with Crippen molar-refractivity contribution in [3.8, 4) is 0 Å². The molecule has 42 heavy (non-hydrogen) atoms. The summed E-state index contributed by atoms with van der Waals surface area (Å²) in [6.45, 7) is 1.30. The summed E-state index contributed by atoms with van der Waals surface area (Å²) in [5.74, 6) is -2.19. The van der Waals surface area contributed by atoms with Crippen LogP contribution in [0.1, 0.15) is 36.3 Å². The minimum absolute atomic E-state index is 0.0649. The molecule has 1 N–H and O–H groups in total. The number of nitrogens with zero attached hydrogens (tertiary/aromatic N) is 4. The Kier molecular flexibility index (Phi) is 9.18. The van der Waals surface area contributed by atoms with Crippen molar-refractivity contribution in [1.82, 2.24) is 4.31 Å². The number of rotatable bonds is 11. The molecule has 2 heterocycles. The van der Waals surface area contributed by atoms with Crippen molar-refractivity contribution in [2.75, 3.05) is 25.1 Å². The first-order valence-electron chi connectivity index (χ1n) is 13.8. The number of anilines is 1. The first kappa shape index (κ1) is 29.7. The zero-order chi connectivity index (χ0) is 29.7. The van der Waals surface area contributed by atoms with Crippen LogP contribution < -0.4 is 5.32 Å². The molecule has 2 aliphatic heterocycles. The SMILES string of the molecule is [N-]=[N+]=N[C@@H](C(=O)Nc1cccc(F)c1CCC1CN1S(=O)(=O)c1ccccc1)[C@@H](c1ccc(F)cc1)C1CCOCC1. The van der Waals surface area contributed by atoms with Crippen molar-refractivity contribution in [3.63, 3.8) is 0 Å². The molecular formula is C30H31F2N5O4S. The number of hydrogen-bond donors (Lipinski definition) is 1. The van der Waals surface area contributed by atoms with E-state index in [0.29, 0.717) is 44.6 Å². The maximum atomic E-state index is 15.1. The van der Waals surface area contributed by atoms with Crippen molar-refractivity contribution in [2.24, 2.45) is 11.0 Å². The van der Waals surface area contributed by atoms with Gasteiger partial charge in [0.2, 0.25) is 15.9 Å². The zero-order valence-electron chi connectivity index (χ0n) is 22.8. The highest BCUT2D eigenvalue weighted by atomic mass is 32.2. The predicted octanol–water partition coefficient (Wildman–Crippen LogP) is 5.80. The number of ether oxygens (including phenoxy) is 1. The molecule has 0 spiro atoms. The van der Waals surface area contributed by atoms with Gasteiger partial charge < -0.3 is 10.1 Å². The minimum atomic E-state index is -3.63. The molecule has 0 radical (unpaired) electrons. The lowest BCUT2D eigenvalue weighted by atomic mass is 9.76. The molecule has 2 aliphatic rings. The summed E-state index contributed by atoms with van der Waals surface area (Å²) in [6.07, 6.45) is 1.79. The van der Waals surface area contributed by atoms with Gasteiger partial charge in [0.05, 0.1) is 4.90 Å². The van der Waals surface area contributed by atoms with Gasteiger partial charge in [0, 0.05) is 47.9 Å². The quantitative estimate of drug-likeness (QED) is 0.130. The summed E-state index contributed by atoms with van der Waals surface area (Å²) in [5.41, 5.74) is 10.5. The molecule has 5 rings (SSSR count). The summed E-state index contributed by atoms with van der Waals surface area (Å²) in [7, 11) is -3.63. The molecule has 9 nitrogen and oxygen atoms in total. The van der Waals surface area contributed by atoms with Gasteiger partial charge in [-0.2, -0.15) is 4.31 Å². The molecular weight excluding hydrogens is 564 g/mol. The summed E-state index contributed by atoms with van der Waals surface area (Å²) in [6, 6.07) is 16.7. The molecule has 0 aliphatic carbocycles. The van der Waals surface area contributed by atoms with E-state index in [1.165, 1.54) is 40.7 Å². The lowest BCUT2D eigenvalue weighted by molar-refractivity contribution is -0.118. The molecule has 4 atom stereocenters. The monoisotopic (exact) mass is 595 g/mol. The Morgan fingerprint density at radius 3 is 2.45 bits per heavy atom. The number of azide groups is 1. The molecule has 12 heteroatoms. The van der Waals surface area contributed by atoms with E-state index in [1.807, 2.05) is 0 Å². The maximum absolute atomic E-state index is 15.1. The van der Waals surface area contributed by atoms with E-state index in [9.17, 15) is 23.1 Å². The first-order chi connectivity index (χ1) is 20.3. The number of halogens is 2. The van der Waals surface area contributed by atoms with Crippen LogP contribution in [0.15, 0.2) is 82.8 Å². The van der Waals surface area contributed by atoms with Gasteiger partial charge in [0.25, 0.3) is 0 Å². The number of amides is 1. The Morgan fingerprint density at radius 1 is 1.05 bits per heavy atom. The van der Waals surface area contributed by atoms with Crippen LogP contribution in [-0.4, -0.2) is 50.5 Å². The molecule has 220 valence electrons. The first-order valence-corrected chi connectivity index (χ1v) is 15.3. The van der Waals surface area contributed by atoms with Crippen LogP contribution in [0.2, 0.25) is 0 Å². The third-order valence-electron chi connectivity index (χ3n) is 7.93. The summed E-state index contributed by atoms with van der Waals surface area (Å²) in [4.78, 5) is 16.8. The van der Waals surface area contributed by atoms with E-state index in [0.717, 1.165) is 0 Å². The second kappa shape index (κ2) is 13.0. The second-order valence-electron chi connectivity index (χ2n) is 10.5. The second-order valence-corrected chi connectivity index (χ2v) is 12.4. The van der Waals surface area contributed by atoms with Crippen LogP contribution in [0.25, 0.3) is 10.4 Å². The van der Waals surface area contributed by atoms with Crippen LogP contribution in [0.5, 0.6) is 0 Å². The number of nitrogens with one attached hydrogen (secondary N) is 1. The summed E-state index contributed by atoms with van der Waals surface area (Å²) < 4.78 is 61.4. The average molecular weight is 596 g/mol. The topological polar surface area (TPSA) is 124 Å². The van der Waals surface area contributed by atoms with Crippen LogP contribution in [0.3, 0.4) is 0 Å². The van der Waals surface area contributed by atoms with E-state index in [-0.39, 0.29) is 34.5 Å². The third kappa shape index (κ3) is 6.63. The van der Waals surface area contributed by atoms with Crippen LogP contribution in [0, 0.1) is 17.6 Å². The van der Waals surface area contributed by atoms with E-state index >= 15 is 4.39 Å². The molecule has 2 fully saturated rings. The van der Waals surface area contributed by atoms with Crippen molar-refractivity contribution in [1.29, 1.82) is 0 Å². The molecule has 1 amide bonds. The highest BCUT2D eigenvalue weighted by molar-refractivity contribution is 7.89. The summed E-state index contributed by atoms with van der Waals surface area (Å²) in [5, 5.41) is 6.63. The molecule has 3 aromatic rings. The fourth-order valence-electron chi connectivity index (χ4n) is 5.68. The highest BCUT2D eigenvalue weighted by Crippen LogP contribution is 2.38. The molecule has 3 aromatic carbocycles. The van der Waals surface area contributed by atoms with Gasteiger partial charge in [0.15, 0.2) is 0 Å². The van der Waals surface area contributed by atoms with Crippen molar-refractivity contribution in [2.45, 2.75) is 48.6 Å². The largest absolute Gasteiger partial charge is 0.381 e. The van der Waals surface area contributed by atoms with Gasteiger partial charge in [-0.15, -0.1) is 0 Å². The Hall–Kier alpha value is -3.83. The number of sulfonamides is 1. The van der Waals surface area contributed by atoms with Crippen molar-refractivity contribution >= 4 is 21.6 Å². The lowest BCUT2D eigenvalue weighted by Gasteiger charge is -2.34. The van der Waals surface area contributed by atoms with E-state index in [1.54, 1.807) is 36.4 Å². The van der Waals surface area contributed by atoms with Gasteiger partial charge in [0.1, 0.15) is 17.7 Å². The third-order valence-corrected chi connectivity index (χ3v) is 9.86. The summed E-state index contributed by atoms with van der Waals surface area (Å²) >= 11 is 0. The number of carbonyl (C=O) groups is 1. The smallest absolute Gasteiger partial charge is 0.243 e. The Morgan fingerprint density at radius 2 is 1.76 bits per heavy atom. The van der Waals surface area contributed by atoms with Crippen molar-refractivity contribution < 1.29 is 26.7 Å². The number of hydrogen-bond acceptors (Lipinski definition) is 5. The van der Waals surface area contributed by atoms with Crippen molar-refractivity contribution in [3.05, 3.63) is 106 Å². The van der Waals surface area contributed by atoms with E-state index in [2.05, 4.69) is 15.3 Å². The minimum Gasteiger partial charge on any atom is -0.381 e. The molecule has 2 unspecified atom stereocenters. The van der Waals surface area contributed by atoms with E-state index in [4.69, 9.17) is 4.74 Å². The molecule has 0 saturated carbocycles. The standard InChI is InChI=1S/C30H31F2N5O4S/c31-22-11-9-20(10-12-22)28(21-15-17-41-18-16-21)29(35-36-33)30(38)34-27-8-4-7-26(32)25(27)14-13-23-19-37(23)42(39,40)24-5-2-1-3-6-24/h1-12,21,23,28-29H,13-19H2,(H,34,38)/t23?,28-,29+,37?/m0/s1. The number of benzene rings is 3. The van der Waals surface area contributed by atoms with Gasteiger partial charge in [-0.1, -0.05) is 41.5 Å². The average Bonchev–Trinajstić information content (AvgIpc) is 3.79. The van der Waals surface area contributed by atoms with Crippen LogP contribution in [0.4, 0.5) is 14.5 Å². The highest BCUT2D eigenvalue weighted by Gasteiger charge is 2.44. The van der Waals surface area contributed by atoms with Gasteiger partial charge in [-0.3, -0.25) is 4.79 Å². The van der Waals surface area contributed by atoms with Gasteiger partial charge in [-0.05, 0) is 79.1 Å². The van der Waals surface area contributed by atoms with Crippen LogP contribution >= 0.6 is 0 Å². The molecule has 0 aromatic heterocycles. The van der Waals surface area contributed by atoms with Gasteiger partial charge in [-0.25, -0.2) is 17.2 Å². The Labute approximate surface area is 243 Å². The fourth-order valence-corrected chi connectivity index (χ4v) is 7.32. The van der Waals surface area contributed by atoms with E-state index < -0.39 is 39.5 Å². The Balaban J connectivity index is 1.34. The maximum Gasteiger partial charge on any atom is 0.243 e. The normalized spacial score (nSPS) is 20.2. The van der Waals surface area contributed by atoms with Crippen LogP contribution in [-0.2, 0) is 26.0 Å². The molecule has 0 bridgehead atoms. The molecule has 2 saturated heterocycles. The Bertz CT molecular complexity index is 1560.